The van der Waals surface area contributed by atoms with Gasteiger partial charge in [0.25, 0.3) is 0 Å². The van der Waals surface area contributed by atoms with Crippen molar-refractivity contribution in [2.75, 3.05) is 0 Å². The Labute approximate surface area is 123 Å². The van der Waals surface area contributed by atoms with Crippen LogP contribution in [0.5, 0.6) is 0 Å². The van der Waals surface area contributed by atoms with E-state index < -0.39 is 8.80 Å². The van der Waals surface area contributed by atoms with E-state index in [0.29, 0.717) is 0 Å². The molecule has 1 heteroatoms. The van der Waals surface area contributed by atoms with Crippen LogP contribution in [0.4, 0.5) is 0 Å². The Bertz CT molecular complexity index is 555. The molecule has 0 nitrogen and oxygen atoms in total. The summed E-state index contributed by atoms with van der Waals surface area (Å²) in [7, 11) is -1.02. The van der Waals surface area contributed by atoms with Gasteiger partial charge in [0.15, 0.2) is 0 Å². The zero-order valence-electron chi connectivity index (χ0n) is 11.6. The third-order valence-electron chi connectivity index (χ3n) is 3.81. The Kier molecular flexibility index (Phi) is 4.29. The summed E-state index contributed by atoms with van der Waals surface area (Å²) in [5.41, 5.74) is 2.93. The second-order valence-corrected chi connectivity index (χ2v) is 8.15. The minimum atomic E-state index is -1.02. The van der Waals surface area contributed by atoms with Crippen LogP contribution in [0, 0.1) is 6.08 Å². The number of hydrogen-bond acceptors (Lipinski definition) is 0. The molecule has 0 spiro atoms. The van der Waals surface area contributed by atoms with E-state index in [9.17, 15) is 0 Å². The summed E-state index contributed by atoms with van der Waals surface area (Å²) < 4.78 is 0. The van der Waals surface area contributed by atoms with E-state index >= 15 is 0 Å². The van der Waals surface area contributed by atoms with Gasteiger partial charge < -0.3 is 0 Å². The van der Waals surface area contributed by atoms with Crippen LogP contribution in [0.2, 0.25) is 0 Å². The largest absolute Gasteiger partial charge is 0.0802 e. The number of rotatable bonds is 5. The molecule has 0 aromatic heterocycles. The predicted molar refractivity (Wildman–Crippen MR) is 88.0 cm³/mol. The summed E-state index contributed by atoms with van der Waals surface area (Å²) in [6, 6.07) is 24.2. The van der Waals surface area contributed by atoms with Crippen molar-refractivity contribution < 1.29 is 0 Å². The van der Waals surface area contributed by atoms with Gasteiger partial charge in [-0.15, -0.1) is 0 Å². The van der Waals surface area contributed by atoms with Gasteiger partial charge >= 0.3 is 0 Å². The van der Waals surface area contributed by atoms with E-state index in [-0.39, 0.29) is 0 Å². The maximum absolute atomic E-state index is 3.56. The zero-order chi connectivity index (χ0) is 13.6. The van der Waals surface area contributed by atoms with Crippen LogP contribution in [0.3, 0.4) is 0 Å². The van der Waals surface area contributed by atoms with Crippen molar-refractivity contribution in [1.82, 2.24) is 0 Å². The summed E-state index contributed by atoms with van der Waals surface area (Å²) in [6.45, 7) is 0. The molecule has 0 aliphatic heterocycles. The summed E-state index contributed by atoms with van der Waals surface area (Å²) in [6.07, 6.45) is 9.12. The fraction of sp³-hybridized carbons (Fsp3) is 0.158. The second kappa shape index (κ2) is 6.53. The zero-order valence-corrected chi connectivity index (χ0v) is 12.8. The minimum absolute atomic E-state index is 1.00. The van der Waals surface area contributed by atoms with Gasteiger partial charge in [0, 0.05) is 0 Å². The molecule has 0 N–H and O–H groups in total. The molecule has 0 unspecified atom stereocenters. The van der Waals surface area contributed by atoms with Crippen molar-refractivity contribution in [3.63, 3.8) is 0 Å². The Balaban J connectivity index is 1.79. The van der Waals surface area contributed by atoms with Gasteiger partial charge in [-0.25, -0.2) is 0 Å². The normalized spacial score (nSPS) is 13.8. The van der Waals surface area contributed by atoms with Crippen LogP contribution in [0.15, 0.2) is 78.0 Å². The molecular weight excluding hydrogens is 256 g/mol. The summed E-state index contributed by atoms with van der Waals surface area (Å²) in [5, 5.41) is 1.51. The maximum atomic E-state index is 3.56. The van der Waals surface area contributed by atoms with Gasteiger partial charge in [-0.3, -0.25) is 0 Å². The Morgan fingerprint density at radius 3 is 1.80 bits per heavy atom. The van der Waals surface area contributed by atoms with Crippen molar-refractivity contribution >= 4 is 8.80 Å². The van der Waals surface area contributed by atoms with Crippen LogP contribution in [0.1, 0.15) is 17.5 Å². The van der Waals surface area contributed by atoms with Gasteiger partial charge in [-0.05, 0) is 24.6 Å². The van der Waals surface area contributed by atoms with E-state index in [2.05, 4.69) is 78.9 Å². The Morgan fingerprint density at radius 1 is 0.800 bits per heavy atom. The first kappa shape index (κ1) is 13.1. The molecule has 0 atom stereocenters. The van der Waals surface area contributed by atoms with Crippen molar-refractivity contribution in [3.05, 3.63) is 95.2 Å². The third kappa shape index (κ3) is 3.37. The van der Waals surface area contributed by atoms with Crippen molar-refractivity contribution in [2.24, 2.45) is 0 Å². The highest BCUT2D eigenvalue weighted by atomic mass is 28.3. The van der Waals surface area contributed by atoms with Crippen molar-refractivity contribution in [3.8, 4) is 0 Å². The van der Waals surface area contributed by atoms with Gasteiger partial charge in [0.05, 0.1) is 8.80 Å². The molecule has 3 rings (SSSR count). The quantitative estimate of drug-likeness (QED) is 0.723. The van der Waals surface area contributed by atoms with Crippen LogP contribution in [-0.2, 0) is 12.1 Å². The minimum Gasteiger partial charge on any atom is -0.0802 e. The monoisotopic (exact) mass is 275 g/mol. The highest BCUT2D eigenvalue weighted by Gasteiger charge is 2.17. The molecule has 0 saturated heterocycles. The standard InChI is InChI=1S/C19H19Si/c1-3-9-17(10-4-1)15-20(19-13-7-8-14-19)16-18-11-5-2-6-12-18/h1-7,9-13,20H,8,15-16H2. The molecule has 20 heavy (non-hydrogen) atoms. The van der Waals surface area contributed by atoms with Crippen molar-refractivity contribution in [1.29, 1.82) is 0 Å². The topological polar surface area (TPSA) is 0 Å². The smallest absolute Gasteiger partial charge is 0.0798 e. The lowest BCUT2D eigenvalue weighted by Gasteiger charge is -2.16. The molecule has 0 amide bonds. The lowest BCUT2D eigenvalue weighted by Crippen LogP contribution is -2.23. The summed E-state index contributed by atoms with van der Waals surface area (Å²) in [5.74, 6) is 0. The van der Waals surface area contributed by atoms with Crippen molar-refractivity contribution in [2.45, 2.75) is 18.5 Å². The number of hydrogen-bond donors (Lipinski definition) is 0. The fourth-order valence-corrected chi connectivity index (χ4v) is 5.87. The predicted octanol–water partition coefficient (Wildman–Crippen LogP) is 4.01. The average molecular weight is 275 g/mol. The highest BCUT2D eigenvalue weighted by molar-refractivity contribution is 6.66. The maximum Gasteiger partial charge on any atom is 0.0798 e. The Morgan fingerprint density at radius 2 is 1.35 bits per heavy atom. The molecule has 0 fully saturated rings. The number of benzene rings is 2. The highest BCUT2D eigenvalue weighted by Crippen LogP contribution is 2.18. The number of allylic oxidation sites excluding steroid dienone is 4. The molecule has 0 heterocycles. The van der Waals surface area contributed by atoms with Crippen LogP contribution in [-0.4, -0.2) is 8.80 Å². The molecule has 2 aromatic carbocycles. The SMILES string of the molecule is [C]1=C([SiH](Cc2ccccc2)Cc2ccccc2)C=CC1. The molecule has 2 aromatic rings. The molecule has 1 radical (unpaired) electrons. The van der Waals surface area contributed by atoms with Gasteiger partial charge in [-0.2, -0.15) is 0 Å². The average Bonchev–Trinajstić information content (AvgIpc) is 3.03. The van der Waals surface area contributed by atoms with E-state index in [4.69, 9.17) is 0 Å². The van der Waals surface area contributed by atoms with Gasteiger partial charge in [0.2, 0.25) is 0 Å². The van der Waals surface area contributed by atoms with Crippen LogP contribution < -0.4 is 0 Å². The molecule has 0 bridgehead atoms. The van der Waals surface area contributed by atoms with Gasteiger partial charge in [0.1, 0.15) is 0 Å². The molecule has 0 saturated carbocycles. The van der Waals surface area contributed by atoms with E-state index in [0.717, 1.165) is 6.42 Å². The van der Waals surface area contributed by atoms with Gasteiger partial charge in [-0.1, -0.05) is 89.1 Å². The Hall–Kier alpha value is -1.86. The molecule has 99 valence electrons. The first-order valence-electron chi connectivity index (χ1n) is 7.27. The molecule has 1 aliphatic carbocycles. The molecule has 1 aliphatic rings. The summed E-state index contributed by atoms with van der Waals surface area (Å²) in [4.78, 5) is 0. The molecular formula is C19H19Si. The summed E-state index contributed by atoms with van der Waals surface area (Å²) >= 11 is 0. The lowest BCUT2D eigenvalue weighted by molar-refractivity contribution is 1.26. The first-order chi connectivity index (χ1) is 9.92. The van der Waals surface area contributed by atoms with E-state index in [1.165, 1.54) is 28.4 Å². The van der Waals surface area contributed by atoms with Crippen LogP contribution in [0.25, 0.3) is 0 Å². The lowest BCUT2D eigenvalue weighted by atomic mass is 10.2. The van der Waals surface area contributed by atoms with E-state index in [1.807, 2.05) is 0 Å². The second-order valence-electron chi connectivity index (χ2n) is 5.31. The van der Waals surface area contributed by atoms with Crippen LogP contribution >= 0.6 is 0 Å². The fourth-order valence-electron chi connectivity index (χ4n) is 2.79. The first-order valence-corrected chi connectivity index (χ1v) is 9.48. The third-order valence-corrected chi connectivity index (χ3v) is 7.02. The van der Waals surface area contributed by atoms with E-state index in [1.54, 1.807) is 0 Å².